The molecule has 8 nitrogen and oxygen atoms in total. The fraction of sp³-hybridized carbons (Fsp3) is 0.414. The Morgan fingerprint density at radius 3 is 2.46 bits per heavy atom. The third-order valence-electron chi connectivity index (χ3n) is 7.47. The molecule has 0 aliphatic carbocycles. The maximum atomic E-state index is 14.6. The summed E-state index contributed by atoms with van der Waals surface area (Å²) in [4.78, 5) is 44.8. The molecule has 0 bridgehead atoms. The van der Waals surface area contributed by atoms with E-state index in [4.69, 9.17) is 5.73 Å². The Kier molecular flexibility index (Phi) is 7.52. The summed E-state index contributed by atoms with van der Waals surface area (Å²) < 4.78 is 0. The SMILES string of the molecule is CCNC(=O)C1(c2ccccc2)CCNC(NC(=O)C(C)(C)N)C1C(=O)C(C)c1c[nH]c2ccccc12. The summed E-state index contributed by atoms with van der Waals surface area (Å²) in [6.07, 6.45) is 1.47. The van der Waals surface area contributed by atoms with Gasteiger partial charge in [0.2, 0.25) is 11.8 Å². The first-order chi connectivity index (χ1) is 17.6. The quantitative estimate of drug-likeness (QED) is 0.323. The minimum absolute atomic E-state index is 0.132. The molecule has 1 aliphatic heterocycles. The largest absolute Gasteiger partial charge is 0.361 e. The Labute approximate surface area is 217 Å². The number of para-hydroxylation sites is 1. The predicted molar refractivity (Wildman–Crippen MR) is 145 cm³/mol. The first-order valence-corrected chi connectivity index (χ1v) is 12.9. The van der Waals surface area contributed by atoms with Gasteiger partial charge in [0, 0.05) is 29.6 Å². The molecule has 196 valence electrons. The number of amides is 2. The van der Waals surface area contributed by atoms with Crippen LogP contribution in [0, 0.1) is 5.92 Å². The number of H-pyrrole nitrogens is 1. The maximum Gasteiger partial charge on any atom is 0.240 e. The second kappa shape index (κ2) is 10.5. The van der Waals surface area contributed by atoms with E-state index in [0.717, 1.165) is 22.0 Å². The van der Waals surface area contributed by atoms with Gasteiger partial charge in [-0.15, -0.1) is 0 Å². The third-order valence-corrected chi connectivity index (χ3v) is 7.47. The highest BCUT2D eigenvalue weighted by Crippen LogP contribution is 2.43. The van der Waals surface area contributed by atoms with Gasteiger partial charge in [-0.3, -0.25) is 19.7 Å². The van der Waals surface area contributed by atoms with Gasteiger partial charge in [-0.25, -0.2) is 0 Å². The van der Waals surface area contributed by atoms with Crippen molar-refractivity contribution in [1.29, 1.82) is 0 Å². The van der Waals surface area contributed by atoms with Gasteiger partial charge in [0.25, 0.3) is 0 Å². The van der Waals surface area contributed by atoms with Crippen molar-refractivity contribution in [3.63, 3.8) is 0 Å². The van der Waals surface area contributed by atoms with Gasteiger partial charge in [0.05, 0.1) is 23.0 Å². The molecular weight excluding hydrogens is 466 g/mol. The lowest BCUT2D eigenvalue weighted by atomic mass is 9.61. The highest BCUT2D eigenvalue weighted by atomic mass is 16.2. The molecule has 3 aromatic rings. The Morgan fingerprint density at radius 2 is 1.78 bits per heavy atom. The van der Waals surface area contributed by atoms with E-state index in [0.29, 0.717) is 19.5 Å². The van der Waals surface area contributed by atoms with Crippen molar-refractivity contribution in [2.24, 2.45) is 11.7 Å². The number of fused-ring (bicyclic) bond motifs is 1. The maximum absolute atomic E-state index is 14.6. The normalized spacial score (nSPS) is 22.8. The molecule has 8 heteroatoms. The molecule has 1 aromatic heterocycles. The van der Waals surface area contributed by atoms with Crippen molar-refractivity contribution in [2.75, 3.05) is 13.1 Å². The van der Waals surface area contributed by atoms with Gasteiger partial charge >= 0.3 is 0 Å². The average Bonchev–Trinajstić information content (AvgIpc) is 3.32. The van der Waals surface area contributed by atoms with Crippen molar-refractivity contribution in [2.45, 2.75) is 57.2 Å². The number of nitrogens with one attached hydrogen (secondary N) is 4. The molecule has 2 amide bonds. The van der Waals surface area contributed by atoms with Crippen LogP contribution in [0.3, 0.4) is 0 Å². The number of nitrogens with two attached hydrogens (primary N) is 1. The average molecular weight is 504 g/mol. The van der Waals surface area contributed by atoms with Crippen LogP contribution in [0.2, 0.25) is 0 Å². The number of carbonyl (C=O) groups is 3. The van der Waals surface area contributed by atoms with E-state index in [9.17, 15) is 14.4 Å². The molecule has 1 fully saturated rings. The van der Waals surface area contributed by atoms with Gasteiger partial charge in [-0.1, -0.05) is 55.5 Å². The van der Waals surface area contributed by atoms with Crippen LogP contribution < -0.4 is 21.7 Å². The monoisotopic (exact) mass is 503 g/mol. The van der Waals surface area contributed by atoms with Gasteiger partial charge in [-0.05, 0) is 50.9 Å². The van der Waals surface area contributed by atoms with Crippen LogP contribution >= 0.6 is 0 Å². The molecule has 2 heterocycles. The molecule has 2 aromatic carbocycles. The van der Waals surface area contributed by atoms with E-state index in [1.54, 1.807) is 13.8 Å². The number of aromatic amines is 1. The van der Waals surface area contributed by atoms with E-state index in [-0.39, 0.29) is 11.7 Å². The summed E-state index contributed by atoms with van der Waals surface area (Å²) in [5.41, 5.74) is 6.29. The molecule has 4 atom stereocenters. The van der Waals surface area contributed by atoms with Crippen LogP contribution in [0.5, 0.6) is 0 Å². The summed E-state index contributed by atoms with van der Waals surface area (Å²) in [7, 11) is 0. The van der Waals surface area contributed by atoms with Crippen molar-refractivity contribution in [3.05, 3.63) is 71.9 Å². The number of Topliss-reactive ketones (excluding diaryl/α,β-unsaturated/α-hetero) is 1. The van der Waals surface area contributed by atoms with Crippen LogP contribution in [-0.4, -0.2) is 47.4 Å². The molecule has 1 aliphatic rings. The van der Waals surface area contributed by atoms with Crippen molar-refractivity contribution < 1.29 is 14.4 Å². The second-order valence-corrected chi connectivity index (χ2v) is 10.5. The minimum Gasteiger partial charge on any atom is -0.361 e. The summed E-state index contributed by atoms with van der Waals surface area (Å²) in [5.74, 6) is -2.18. The molecule has 0 radical (unpaired) electrons. The van der Waals surface area contributed by atoms with E-state index >= 15 is 0 Å². The van der Waals surface area contributed by atoms with E-state index in [1.165, 1.54) is 0 Å². The van der Waals surface area contributed by atoms with Crippen LogP contribution in [-0.2, 0) is 19.8 Å². The highest BCUT2D eigenvalue weighted by molar-refractivity contribution is 6.01. The molecule has 37 heavy (non-hydrogen) atoms. The topological polar surface area (TPSA) is 129 Å². The Bertz CT molecular complexity index is 1280. The van der Waals surface area contributed by atoms with Crippen molar-refractivity contribution >= 4 is 28.5 Å². The summed E-state index contributed by atoms with van der Waals surface area (Å²) in [5, 5.41) is 10.2. The van der Waals surface area contributed by atoms with Gasteiger partial charge in [0.1, 0.15) is 5.78 Å². The fourth-order valence-corrected chi connectivity index (χ4v) is 5.49. The molecule has 0 saturated carbocycles. The number of rotatable bonds is 8. The minimum atomic E-state index is -1.18. The van der Waals surface area contributed by atoms with Crippen molar-refractivity contribution in [3.8, 4) is 0 Å². The number of likely N-dealkylation sites (N-methyl/N-ethyl adjacent to an activating group) is 1. The number of hydrogen-bond acceptors (Lipinski definition) is 5. The summed E-state index contributed by atoms with van der Waals surface area (Å²) in [6.45, 7) is 7.82. The smallest absolute Gasteiger partial charge is 0.240 e. The van der Waals surface area contributed by atoms with Crippen molar-refractivity contribution in [1.82, 2.24) is 20.9 Å². The number of hydrogen-bond donors (Lipinski definition) is 5. The first kappa shape index (κ1) is 26.6. The Morgan fingerprint density at radius 1 is 1.11 bits per heavy atom. The number of aromatic nitrogens is 1. The lowest BCUT2D eigenvalue weighted by molar-refractivity contribution is -0.142. The number of ketones is 1. The van der Waals surface area contributed by atoms with Gasteiger partial charge in [0.15, 0.2) is 0 Å². The molecule has 0 spiro atoms. The number of piperidine rings is 1. The standard InChI is InChI=1S/C29H37N5O3/c1-5-31-27(37)29(19-11-7-6-8-12-19)15-16-32-25(34-26(36)28(3,4)30)23(29)24(35)18(2)21-17-33-22-14-10-9-13-20(21)22/h6-14,17-18,23,25,32-33H,5,15-16,30H2,1-4H3,(H,31,37)(H,34,36). The Hall–Kier alpha value is -3.49. The first-order valence-electron chi connectivity index (χ1n) is 12.9. The van der Waals surface area contributed by atoms with Gasteiger partial charge in [-0.2, -0.15) is 0 Å². The number of carbonyl (C=O) groups excluding carboxylic acids is 3. The highest BCUT2D eigenvalue weighted by Gasteiger charge is 2.56. The lowest BCUT2D eigenvalue weighted by Crippen LogP contribution is -2.69. The second-order valence-electron chi connectivity index (χ2n) is 10.5. The van der Waals surface area contributed by atoms with Gasteiger partial charge < -0.3 is 21.4 Å². The summed E-state index contributed by atoms with van der Waals surface area (Å²) >= 11 is 0. The third kappa shape index (κ3) is 4.91. The van der Waals surface area contributed by atoms with E-state index < -0.39 is 34.9 Å². The van der Waals surface area contributed by atoms with Crippen LogP contribution in [0.15, 0.2) is 60.8 Å². The zero-order chi connectivity index (χ0) is 26.8. The lowest BCUT2D eigenvalue weighted by Gasteiger charge is -2.48. The van der Waals surface area contributed by atoms with E-state index in [2.05, 4.69) is 20.9 Å². The Balaban J connectivity index is 1.87. The fourth-order valence-electron chi connectivity index (χ4n) is 5.49. The van der Waals surface area contributed by atoms with Crippen LogP contribution in [0.1, 0.15) is 51.2 Å². The zero-order valence-electron chi connectivity index (χ0n) is 21.9. The predicted octanol–water partition coefficient (Wildman–Crippen LogP) is 2.70. The number of benzene rings is 2. The molecular formula is C29H37N5O3. The zero-order valence-corrected chi connectivity index (χ0v) is 21.9. The molecule has 4 rings (SSSR count). The molecule has 1 saturated heterocycles. The van der Waals surface area contributed by atoms with E-state index in [1.807, 2.05) is 74.6 Å². The molecule has 6 N–H and O–H groups in total. The van der Waals surface area contributed by atoms with Crippen LogP contribution in [0.25, 0.3) is 10.9 Å². The molecule has 4 unspecified atom stereocenters. The summed E-state index contributed by atoms with van der Waals surface area (Å²) in [6, 6.07) is 17.2. The van der Waals surface area contributed by atoms with Crippen LogP contribution in [0.4, 0.5) is 0 Å².